The normalized spacial score (nSPS) is 5.50. The van der Waals surface area contributed by atoms with Crippen LogP contribution in [0.1, 0.15) is 0 Å². The van der Waals surface area contributed by atoms with Gasteiger partial charge in [-0.3, -0.25) is 0 Å². The van der Waals surface area contributed by atoms with Gasteiger partial charge >= 0.3 is 26.4 Å². The SMILES string of the molecule is [CH3][Co][CH3].[Co]. The van der Waals surface area contributed by atoms with E-state index in [-0.39, 0.29) is 16.8 Å². The molecule has 0 amide bonds. The van der Waals surface area contributed by atoms with Gasteiger partial charge in [-0.05, 0) is 0 Å². The van der Waals surface area contributed by atoms with Crippen LogP contribution >= 0.6 is 0 Å². The van der Waals surface area contributed by atoms with Gasteiger partial charge in [0, 0.05) is 16.8 Å². The molecule has 0 aromatic rings. The summed E-state index contributed by atoms with van der Waals surface area (Å²) >= 11 is 1.44. The van der Waals surface area contributed by atoms with Gasteiger partial charge in [-0.25, -0.2) is 0 Å². The van der Waals surface area contributed by atoms with Gasteiger partial charge in [0.15, 0.2) is 0 Å². The standard InChI is InChI=1S/2CH3.2Co/h2*1H3;;. The molecule has 32 valence electrons. The van der Waals surface area contributed by atoms with Crippen molar-refractivity contribution in [2.24, 2.45) is 0 Å². The Balaban J connectivity index is 0. The van der Waals surface area contributed by atoms with E-state index in [9.17, 15) is 0 Å². The first-order chi connectivity index (χ1) is 1.41. The maximum atomic E-state index is 2.09. The summed E-state index contributed by atoms with van der Waals surface area (Å²) in [5.74, 6) is 4.19. The number of hydrogen-bond acceptors (Lipinski definition) is 0. The van der Waals surface area contributed by atoms with Crippen molar-refractivity contribution in [2.75, 3.05) is 0 Å². The van der Waals surface area contributed by atoms with Crippen LogP contribution in [0.4, 0.5) is 0 Å². The zero-order chi connectivity index (χ0) is 2.71. The van der Waals surface area contributed by atoms with E-state index in [2.05, 4.69) is 11.7 Å². The second-order valence-electron chi connectivity index (χ2n) is 0.333. The van der Waals surface area contributed by atoms with Gasteiger partial charge in [0.2, 0.25) is 0 Å². The van der Waals surface area contributed by atoms with Crippen LogP contribution in [0.2, 0.25) is 11.7 Å². The monoisotopic (exact) mass is 148 g/mol. The van der Waals surface area contributed by atoms with Gasteiger partial charge in [0.25, 0.3) is 0 Å². The number of rotatable bonds is 0. The molecule has 0 saturated carbocycles. The first-order valence-corrected chi connectivity index (χ1v) is 2.75. The van der Waals surface area contributed by atoms with E-state index in [1.165, 1.54) is 14.7 Å². The van der Waals surface area contributed by atoms with Crippen LogP contribution in [-0.2, 0) is 31.5 Å². The largest absolute Gasteiger partial charge is 0 e. The van der Waals surface area contributed by atoms with Gasteiger partial charge in [0.1, 0.15) is 0 Å². The zero-order valence-corrected chi connectivity index (χ0v) is 4.75. The molecule has 0 aliphatic rings. The van der Waals surface area contributed by atoms with Gasteiger partial charge < -0.3 is 0 Å². The Bertz CT molecular complexity index is 4.00. The fourth-order valence-corrected chi connectivity index (χ4v) is 0. The molecule has 2 heteroatoms. The van der Waals surface area contributed by atoms with Crippen molar-refractivity contribution in [3.63, 3.8) is 0 Å². The van der Waals surface area contributed by atoms with E-state index in [1.54, 1.807) is 0 Å². The minimum absolute atomic E-state index is 0. The van der Waals surface area contributed by atoms with E-state index in [0.717, 1.165) is 0 Å². The third kappa shape index (κ3) is 11.9. The summed E-state index contributed by atoms with van der Waals surface area (Å²) < 4.78 is 0. The van der Waals surface area contributed by atoms with Crippen LogP contribution in [0.5, 0.6) is 0 Å². The summed E-state index contributed by atoms with van der Waals surface area (Å²) in [5.41, 5.74) is 0. The minimum atomic E-state index is 0. The fraction of sp³-hybridized carbons (Fsp3) is 1.00. The van der Waals surface area contributed by atoms with Crippen LogP contribution in [0, 0.1) is 0 Å². The molecule has 0 spiro atoms. The fourth-order valence-electron chi connectivity index (χ4n) is 0. The Morgan fingerprint density at radius 2 is 1.25 bits per heavy atom. The molecule has 0 saturated heterocycles. The molecule has 0 bridgehead atoms. The maximum Gasteiger partial charge on any atom is 0 e. The molecule has 0 nitrogen and oxygen atoms in total. The smallest absolute Gasteiger partial charge is 0 e. The van der Waals surface area contributed by atoms with Gasteiger partial charge in [0.05, 0.1) is 0 Å². The van der Waals surface area contributed by atoms with Gasteiger partial charge in [-0.2, -0.15) is 0 Å². The molecule has 0 aromatic carbocycles. The van der Waals surface area contributed by atoms with Crippen LogP contribution in [-0.4, -0.2) is 0 Å². The van der Waals surface area contributed by atoms with Crippen LogP contribution < -0.4 is 0 Å². The summed E-state index contributed by atoms with van der Waals surface area (Å²) in [5, 5.41) is 0. The van der Waals surface area contributed by atoms with E-state index in [0.29, 0.717) is 0 Å². The second-order valence-corrected chi connectivity index (χ2v) is 1.37. The number of hydrogen-bond donors (Lipinski definition) is 0. The van der Waals surface area contributed by atoms with Crippen molar-refractivity contribution in [1.29, 1.82) is 0 Å². The Kier molecular flexibility index (Phi) is 20.0. The van der Waals surface area contributed by atoms with E-state index < -0.39 is 0 Å². The summed E-state index contributed by atoms with van der Waals surface area (Å²) in [7, 11) is 0. The molecule has 0 aromatic heterocycles. The molecular weight excluding hydrogens is 142 g/mol. The minimum Gasteiger partial charge on any atom is 0 e. The maximum absolute atomic E-state index is 2.09. The summed E-state index contributed by atoms with van der Waals surface area (Å²) in [4.78, 5) is 0. The predicted molar refractivity (Wildman–Crippen MR) is 11.7 cm³/mol. The quantitative estimate of drug-likeness (QED) is 0.483. The summed E-state index contributed by atoms with van der Waals surface area (Å²) in [6.45, 7) is 0. The summed E-state index contributed by atoms with van der Waals surface area (Å²) in [6.07, 6.45) is 0. The molecule has 0 fully saturated rings. The van der Waals surface area contributed by atoms with Crippen LogP contribution in [0.3, 0.4) is 0 Å². The van der Waals surface area contributed by atoms with E-state index in [4.69, 9.17) is 0 Å². The Morgan fingerprint density at radius 1 is 1.25 bits per heavy atom. The molecule has 0 aliphatic heterocycles. The molecule has 4 heavy (non-hydrogen) atoms. The Morgan fingerprint density at radius 3 is 1.25 bits per heavy atom. The van der Waals surface area contributed by atoms with E-state index >= 15 is 0 Å². The topological polar surface area (TPSA) is 0 Å². The summed E-state index contributed by atoms with van der Waals surface area (Å²) in [6, 6.07) is 0. The van der Waals surface area contributed by atoms with Crippen molar-refractivity contribution in [3.05, 3.63) is 0 Å². The molecule has 0 heterocycles. The first-order valence-electron chi connectivity index (χ1n) is 0.667. The second kappa shape index (κ2) is 8.99. The Hall–Kier alpha value is 1.01. The van der Waals surface area contributed by atoms with Crippen molar-refractivity contribution < 1.29 is 31.5 Å². The van der Waals surface area contributed by atoms with Crippen molar-refractivity contribution in [1.82, 2.24) is 0 Å². The van der Waals surface area contributed by atoms with E-state index in [1.807, 2.05) is 0 Å². The Labute approximate surface area is 43.5 Å². The molecule has 1 radical (unpaired) electrons. The molecule has 0 aliphatic carbocycles. The molecule has 0 N–H and O–H groups in total. The van der Waals surface area contributed by atoms with Gasteiger partial charge in [-0.15, -0.1) is 0 Å². The van der Waals surface area contributed by atoms with Crippen molar-refractivity contribution in [3.8, 4) is 0 Å². The zero-order valence-electron chi connectivity index (χ0n) is 2.67. The third-order valence-corrected chi connectivity index (χ3v) is 0. The van der Waals surface area contributed by atoms with Crippen LogP contribution in [0.15, 0.2) is 0 Å². The first kappa shape index (κ1) is 8.89. The molecule has 0 unspecified atom stereocenters. The average Bonchev–Trinajstić information content (AvgIpc) is 0.918. The molecule has 0 atom stereocenters. The van der Waals surface area contributed by atoms with Crippen molar-refractivity contribution in [2.45, 2.75) is 11.7 Å². The van der Waals surface area contributed by atoms with Crippen LogP contribution in [0.25, 0.3) is 0 Å². The average molecular weight is 148 g/mol. The van der Waals surface area contributed by atoms with Gasteiger partial charge in [-0.1, -0.05) is 0 Å². The third-order valence-electron chi connectivity index (χ3n) is 0. The molecular formula is C2H6Co2. The predicted octanol–water partition coefficient (Wildman–Crippen LogP) is 1.16. The molecule has 0 rings (SSSR count). The van der Waals surface area contributed by atoms with Crippen molar-refractivity contribution >= 4 is 0 Å².